The Bertz CT molecular complexity index is 171. The topological polar surface area (TPSA) is 27.7 Å². The zero-order chi connectivity index (χ0) is 10.5. The Morgan fingerprint density at radius 2 is 1.85 bits per heavy atom. The molecule has 78 valence electrons. The molecule has 0 amide bonds. The SMILES string of the molecule is C=C[Si](C)(C)O[Si](C)(C)O[SiH2]O[SiH3]. The van der Waals surface area contributed by atoms with Crippen molar-refractivity contribution in [3.8, 4) is 0 Å². The Morgan fingerprint density at radius 1 is 1.31 bits per heavy atom. The third kappa shape index (κ3) is 6.54. The molecule has 0 unspecified atom stereocenters. The van der Waals surface area contributed by atoms with Crippen molar-refractivity contribution in [2.24, 2.45) is 0 Å². The van der Waals surface area contributed by atoms with Crippen LogP contribution in [0.5, 0.6) is 0 Å². The van der Waals surface area contributed by atoms with Crippen LogP contribution < -0.4 is 0 Å². The average molecular weight is 253 g/mol. The molecule has 0 aliphatic carbocycles. The van der Waals surface area contributed by atoms with E-state index in [0.29, 0.717) is 0 Å². The van der Waals surface area contributed by atoms with Crippen LogP contribution in [-0.4, -0.2) is 37.4 Å². The Kier molecular flexibility index (Phi) is 5.59. The van der Waals surface area contributed by atoms with Gasteiger partial charge in [-0.3, -0.25) is 0 Å². The van der Waals surface area contributed by atoms with Crippen molar-refractivity contribution in [2.45, 2.75) is 26.2 Å². The van der Waals surface area contributed by atoms with E-state index in [0.717, 1.165) is 10.5 Å². The van der Waals surface area contributed by atoms with Crippen LogP contribution in [-0.2, 0) is 12.3 Å². The van der Waals surface area contributed by atoms with E-state index < -0.39 is 26.9 Å². The van der Waals surface area contributed by atoms with E-state index in [2.05, 4.69) is 32.8 Å². The summed E-state index contributed by atoms with van der Waals surface area (Å²) in [4.78, 5) is 0. The summed E-state index contributed by atoms with van der Waals surface area (Å²) in [5.41, 5.74) is 1.94. The minimum Gasteiger partial charge on any atom is -0.449 e. The van der Waals surface area contributed by atoms with Crippen molar-refractivity contribution in [3.05, 3.63) is 12.3 Å². The Morgan fingerprint density at radius 3 is 2.23 bits per heavy atom. The van der Waals surface area contributed by atoms with Crippen molar-refractivity contribution in [1.82, 2.24) is 0 Å². The summed E-state index contributed by atoms with van der Waals surface area (Å²) >= 11 is 0. The predicted molar refractivity (Wildman–Crippen MR) is 66.9 cm³/mol. The van der Waals surface area contributed by atoms with Gasteiger partial charge in [-0.2, -0.15) is 0 Å². The maximum atomic E-state index is 5.98. The lowest BCUT2D eigenvalue weighted by atomic mass is 11.3. The molecular weight excluding hydrogens is 232 g/mol. The molecule has 13 heavy (non-hydrogen) atoms. The molecule has 0 aromatic carbocycles. The molecule has 7 heteroatoms. The summed E-state index contributed by atoms with van der Waals surface area (Å²) in [7, 11) is -3.62. The minimum atomic E-state index is -1.93. The fourth-order valence-electron chi connectivity index (χ4n) is 0.905. The number of hydrogen-bond acceptors (Lipinski definition) is 3. The van der Waals surface area contributed by atoms with Crippen LogP contribution in [0.1, 0.15) is 0 Å². The quantitative estimate of drug-likeness (QED) is 0.621. The molecule has 0 saturated heterocycles. The molecule has 0 atom stereocenters. The van der Waals surface area contributed by atoms with Gasteiger partial charge in [-0.1, -0.05) is 5.70 Å². The van der Waals surface area contributed by atoms with Gasteiger partial charge < -0.3 is 12.3 Å². The molecule has 0 spiro atoms. The third-order valence-corrected chi connectivity index (χ3v) is 10.8. The van der Waals surface area contributed by atoms with E-state index in [1.165, 1.54) is 0 Å². The lowest BCUT2D eigenvalue weighted by Crippen LogP contribution is -2.46. The van der Waals surface area contributed by atoms with E-state index in [1.54, 1.807) is 0 Å². The maximum Gasteiger partial charge on any atom is 0.312 e. The fraction of sp³-hybridized carbons (Fsp3) is 0.667. The highest BCUT2D eigenvalue weighted by Crippen LogP contribution is 2.15. The second-order valence-corrected chi connectivity index (χ2v) is 14.8. The average Bonchev–Trinajstić information content (AvgIpc) is 1.99. The zero-order valence-corrected chi connectivity index (χ0v) is 14.6. The summed E-state index contributed by atoms with van der Waals surface area (Å²) < 4.78 is 16.8. The van der Waals surface area contributed by atoms with Crippen LogP contribution in [0.15, 0.2) is 12.3 Å². The van der Waals surface area contributed by atoms with Crippen LogP contribution in [0.25, 0.3) is 0 Å². The summed E-state index contributed by atoms with van der Waals surface area (Å²) in [6.07, 6.45) is 0. The highest BCUT2D eigenvalue weighted by atomic mass is 28.5. The number of rotatable bonds is 6. The third-order valence-electron chi connectivity index (χ3n) is 1.52. The van der Waals surface area contributed by atoms with Gasteiger partial charge in [-0.05, 0) is 26.2 Å². The lowest BCUT2D eigenvalue weighted by molar-refractivity contribution is 0.379. The molecule has 0 radical (unpaired) electrons. The highest BCUT2D eigenvalue weighted by Gasteiger charge is 2.32. The molecule has 0 fully saturated rings. The van der Waals surface area contributed by atoms with Gasteiger partial charge in [-0.25, -0.2) is 0 Å². The van der Waals surface area contributed by atoms with E-state index in [9.17, 15) is 0 Å². The summed E-state index contributed by atoms with van der Waals surface area (Å²) in [5.74, 6) is 0. The monoisotopic (exact) mass is 252 g/mol. The Hall–Kier alpha value is 0.488. The largest absolute Gasteiger partial charge is 0.449 e. The van der Waals surface area contributed by atoms with Gasteiger partial charge in [0.05, 0.1) is 0 Å². The molecular formula is C6H20O3Si4. The molecule has 0 N–H and O–H groups in total. The summed E-state index contributed by atoms with van der Waals surface area (Å²) in [5, 5.41) is 0. The highest BCUT2D eigenvalue weighted by molar-refractivity contribution is 6.86. The van der Waals surface area contributed by atoms with E-state index >= 15 is 0 Å². The van der Waals surface area contributed by atoms with Crippen LogP contribution in [0.3, 0.4) is 0 Å². The Balaban J connectivity index is 4.07. The molecule has 0 aliphatic rings. The van der Waals surface area contributed by atoms with Crippen LogP contribution in [0, 0.1) is 0 Å². The normalized spacial score (nSPS) is 14.2. The second-order valence-electron chi connectivity index (χ2n) is 3.86. The van der Waals surface area contributed by atoms with Gasteiger partial charge in [-0.15, -0.1) is 6.58 Å². The standard InChI is InChI=1S/C6H20O3Si4/c1-6-12(2,3)9-13(4,5)8-11-7-10/h6H,1,11H2,2-5,10H3. The minimum absolute atomic E-state index is 0.770. The lowest BCUT2D eigenvalue weighted by Gasteiger charge is -2.31. The molecule has 0 saturated carbocycles. The molecule has 0 bridgehead atoms. The molecule has 0 aromatic heterocycles. The molecule has 0 heterocycles. The first-order valence-corrected chi connectivity index (χ1v) is 12.1. The van der Waals surface area contributed by atoms with Crippen molar-refractivity contribution in [3.63, 3.8) is 0 Å². The van der Waals surface area contributed by atoms with Gasteiger partial charge in [0.25, 0.3) is 10.0 Å². The first kappa shape index (κ1) is 13.5. The zero-order valence-electron chi connectivity index (χ0n) is 9.22. The first-order valence-electron chi connectivity index (χ1n) is 4.29. The number of hydrogen-bond donors (Lipinski definition) is 0. The van der Waals surface area contributed by atoms with Gasteiger partial charge in [0.1, 0.15) is 10.5 Å². The molecule has 0 rings (SSSR count). The maximum absolute atomic E-state index is 5.98. The molecule has 0 aromatic rings. The smallest absolute Gasteiger partial charge is 0.312 e. The van der Waals surface area contributed by atoms with Crippen LogP contribution in [0.4, 0.5) is 0 Å². The van der Waals surface area contributed by atoms with Crippen LogP contribution >= 0.6 is 0 Å². The molecule has 0 aliphatic heterocycles. The van der Waals surface area contributed by atoms with Crippen molar-refractivity contribution in [2.75, 3.05) is 0 Å². The first-order chi connectivity index (χ1) is 5.83. The van der Waals surface area contributed by atoms with Gasteiger partial charge in [0.2, 0.25) is 0 Å². The molecule has 3 nitrogen and oxygen atoms in total. The van der Waals surface area contributed by atoms with Gasteiger partial charge in [0.15, 0.2) is 8.32 Å². The van der Waals surface area contributed by atoms with Crippen molar-refractivity contribution >= 4 is 37.4 Å². The summed E-state index contributed by atoms with van der Waals surface area (Å²) in [6, 6.07) is 0. The van der Waals surface area contributed by atoms with E-state index in [4.69, 9.17) is 12.3 Å². The predicted octanol–water partition coefficient (Wildman–Crippen LogP) is -0.0525. The van der Waals surface area contributed by atoms with Crippen molar-refractivity contribution < 1.29 is 12.3 Å². The van der Waals surface area contributed by atoms with E-state index in [-0.39, 0.29) is 0 Å². The van der Waals surface area contributed by atoms with Gasteiger partial charge in [0, 0.05) is 0 Å². The van der Waals surface area contributed by atoms with Crippen LogP contribution in [0.2, 0.25) is 26.2 Å². The fourth-order valence-corrected chi connectivity index (χ4v) is 9.74. The Labute approximate surface area is 88.5 Å². The van der Waals surface area contributed by atoms with Gasteiger partial charge >= 0.3 is 8.56 Å². The second kappa shape index (κ2) is 5.39. The van der Waals surface area contributed by atoms with E-state index in [1.807, 2.05) is 5.70 Å². The summed E-state index contributed by atoms with van der Waals surface area (Å²) in [6.45, 7) is 12.2. The van der Waals surface area contributed by atoms with Crippen molar-refractivity contribution in [1.29, 1.82) is 0 Å².